The fourth-order valence-electron chi connectivity index (χ4n) is 4.75. The summed E-state index contributed by atoms with van der Waals surface area (Å²) in [6, 6.07) is 22.4. The number of hydrogen-bond acceptors (Lipinski definition) is 6. The molecule has 0 atom stereocenters. The van der Waals surface area contributed by atoms with Crippen molar-refractivity contribution in [2.24, 2.45) is 0 Å². The molecule has 0 aliphatic carbocycles. The summed E-state index contributed by atoms with van der Waals surface area (Å²) in [6.45, 7) is 5.95. The van der Waals surface area contributed by atoms with E-state index in [1.165, 1.54) is 20.0 Å². The Balaban J connectivity index is 0.000000603. The molecule has 6 heteroatoms. The lowest BCUT2D eigenvalue weighted by Crippen LogP contribution is -2.24. The molecule has 0 aromatic heterocycles. The number of nitrogens with zero attached hydrogens (tertiary/aromatic N) is 1. The largest absolute Gasteiger partial charge is 0.496 e. The number of hydrogen-bond donors (Lipinski definition) is 0. The van der Waals surface area contributed by atoms with Crippen LogP contribution in [0.1, 0.15) is 37.3 Å². The molecule has 3 aromatic rings. The monoisotopic (exact) mass is 515 g/mol. The van der Waals surface area contributed by atoms with Crippen molar-refractivity contribution in [2.45, 2.75) is 32.7 Å². The number of methoxy groups -OCH3 is 2. The zero-order chi connectivity index (χ0) is 26.7. The number of carbonyl (C=O) groups is 1. The highest BCUT2D eigenvalue weighted by molar-refractivity contribution is 5.96. The maximum Gasteiger partial charge on any atom is 0.333 e. The summed E-state index contributed by atoms with van der Waals surface area (Å²) in [7, 11) is 3.12. The maximum atomic E-state index is 12.4. The summed E-state index contributed by atoms with van der Waals surface area (Å²) in [5, 5.41) is 0. The maximum absolute atomic E-state index is 12.4. The van der Waals surface area contributed by atoms with E-state index in [-0.39, 0.29) is 5.97 Å². The predicted molar refractivity (Wildman–Crippen MR) is 152 cm³/mol. The summed E-state index contributed by atoms with van der Waals surface area (Å²) in [6.07, 6.45) is 5.11. The minimum absolute atomic E-state index is 0.291. The Labute approximate surface area is 225 Å². The van der Waals surface area contributed by atoms with Gasteiger partial charge in [-0.25, -0.2) is 4.79 Å². The molecule has 1 saturated heterocycles. The first-order chi connectivity index (χ1) is 18.6. The van der Waals surface area contributed by atoms with Crippen molar-refractivity contribution < 1.29 is 23.7 Å². The quantitative estimate of drug-likeness (QED) is 0.334. The molecular weight excluding hydrogens is 478 g/mol. The van der Waals surface area contributed by atoms with Crippen LogP contribution < -0.4 is 14.4 Å². The van der Waals surface area contributed by atoms with Gasteiger partial charge in [0, 0.05) is 48.7 Å². The Morgan fingerprint density at radius 3 is 2.37 bits per heavy atom. The highest BCUT2D eigenvalue weighted by Gasteiger charge is 2.22. The average molecular weight is 516 g/mol. The first kappa shape index (κ1) is 27.3. The zero-order valence-corrected chi connectivity index (χ0v) is 22.6. The van der Waals surface area contributed by atoms with Crippen molar-refractivity contribution in [3.05, 3.63) is 83.4 Å². The van der Waals surface area contributed by atoms with Crippen molar-refractivity contribution >= 4 is 17.7 Å². The van der Waals surface area contributed by atoms with Crippen molar-refractivity contribution in [2.75, 3.05) is 45.5 Å². The van der Waals surface area contributed by atoms with Gasteiger partial charge in [-0.1, -0.05) is 42.5 Å². The summed E-state index contributed by atoms with van der Waals surface area (Å²) in [5.74, 6) is 1.41. The van der Waals surface area contributed by atoms with Crippen molar-refractivity contribution in [3.8, 4) is 22.6 Å². The number of ether oxygens (including phenoxy) is 4. The van der Waals surface area contributed by atoms with Gasteiger partial charge in [-0.3, -0.25) is 0 Å². The van der Waals surface area contributed by atoms with Crippen LogP contribution in [0.25, 0.3) is 17.2 Å². The third kappa shape index (κ3) is 6.75. The molecule has 3 aromatic carbocycles. The minimum Gasteiger partial charge on any atom is -0.496 e. The first-order valence-electron chi connectivity index (χ1n) is 13.2. The van der Waals surface area contributed by atoms with Crippen LogP contribution in [-0.2, 0) is 20.8 Å². The van der Waals surface area contributed by atoms with Crippen molar-refractivity contribution in [3.63, 3.8) is 0 Å². The summed E-state index contributed by atoms with van der Waals surface area (Å²) in [5.41, 5.74) is 5.87. The van der Waals surface area contributed by atoms with E-state index in [1.807, 2.05) is 49.4 Å². The van der Waals surface area contributed by atoms with E-state index < -0.39 is 0 Å². The van der Waals surface area contributed by atoms with E-state index in [0.717, 1.165) is 52.7 Å². The van der Waals surface area contributed by atoms with Gasteiger partial charge in [0.25, 0.3) is 0 Å². The minimum atomic E-state index is -0.291. The van der Waals surface area contributed by atoms with Crippen molar-refractivity contribution in [1.29, 1.82) is 0 Å². The summed E-state index contributed by atoms with van der Waals surface area (Å²) < 4.78 is 21.4. The zero-order valence-electron chi connectivity index (χ0n) is 22.6. The molecule has 0 saturated carbocycles. The highest BCUT2D eigenvalue weighted by Crippen LogP contribution is 2.37. The fraction of sp³-hybridized carbons (Fsp3) is 0.344. The number of rotatable bonds is 7. The lowest BCUT2D eigenvalue weighted by atomic mass is 9.99. The second-order valence-corrected chi connectivity index (χ2v) is 9.17. The smallest absolute Gasteiger partial charge is 0.333 e. The van der Waals surface area contributed by atoms with Gasteiger partial charge < -0.3 is 23.8 Å². The number of esters is 1. The second-order valence-electron chi connectivity index (χ2n) is 9.17. The van der Waals surface area contributed by atoms with E-state index in [9.17, 15) is 4.79 Å². The Morgan fingerprint density at radius 1 is 0.947 bits per heavy atom. The van der Waals surface area contributed by atoms with Crippen molar-refractivity contribution in [1.82, 2.24) is 0 Å². The number of fused-ring (bicyclic) bond motifs is 1. The fourth-order valence-corrected chi connectivity index (χ4v) is 4.75. The molecule has 2 aliphatic heterocycles. The Bertz CT molecular complexity index is 1240. The van der Waals surface area contributed by atoms with E-state index >= 15 is 0 Å². The lowest BCUT2D eigenvalue weighted by Gasteiger charge is -2.26. The Hall–Kier alpha value is -3.77. The Kier molecular flexibility index (Phi) is 9.82. The normalized spacial score (nSPS) is 14.4. The molecule has 38 heavy (non-hydrogen) atoms. The van der Waals surface area contributed by atoms with Crippen LogP contribution in [0.3, 0.4) is 0 Å². The number of anilines is 1. The Morgan fingerprint density at radius 2 is 1.68 bits per heavy atom. The first-order valence-corrected chi connectivity index (χ1v) is 13.2. The van der Waals surface area contributed by atoms with Crippen LogP contribution in [0.5, 0.6) is 11.5 Å². The molecule has 200 valence electrons. The van der Waals surface area contributed by atoms with Gasteiger partial charge in [-0.2, -0.15) is 0 Å². The van der Waals surface area contributed by atoms with Gasteiger partial charge in [-0.15, -0.1) is 0 Å². The van der Waals surface area contributed by atoms with Crippen LogP contribution in [0.4, 0.5) is 5.69 Å². The summed E-state index contributed by atoms with van der Waals surface area (Å²) >= 11 is 0. The molecule has 0 N–H and O–H groups in total. The van der Waals surface area contributed by atoms with E-state index in [4.69, 9.17) is 18.9 Å². The van der Waals surface area contributed by atoms with Crippen LogP contribution in [-0.4, -0.2) is 46.6 Å². The van der Waals surface area contributed by atoms with E-state index in [1.54, 1.807) is 7.11 Å². The van der Waals surface area contributed by atoms with E-state index in [2.05, 4.69) is 35.2 Å². The molecule has 6 nitrogen and oxygen atoms in total. The van der Waals surface area contributed by atoms with Crippen LogP contribution in [0, 0.1) is 0 Å². The second kappa shape index (κ2) is 13.7. The number of carbonyl (C=O) groups excluding carboxylic acids is 1. The molecule has 2 heterocycles. The van der Waals surface area contributed by atoms with Gasteiger partial charge in [0.1, 0.15) is 11.5 Å². The van der Waals surface area contributed by atoms with E-state index in [0.29, 0.717) is 31.7 Å². The number of benzene rings is 3. The van der Waals surface area contributed by atoms with Crippen LogP contribution in [0.2, 0.25) is 0 Å². The molecular formula is C32H37NO5. The van der Waals surface area contributed by atoms with Crippen LogP contribution >= 0.6 is 0 Å². The SMILES string of the molecule is C1CCOC1.CCOc1ccccc1-c1ccc2c(c1)C=C(C(=O)OC)CCN2Cc1ccccc1OC. The molecule has 5 rings (SSSR count). The van der Waals surface area contributed by atoms with Gasteiger partial charge >= 0.3 is 5.97 Å². The standard InChI is InChI=1S/C28H29NO4.C4H8O/c1-4-33-27-12-8-6-10-24(27)20-13-14-25-23(17-20)18-21(28(30)32-3)15-16-29(25)19-22-9-5-7-11-26(22)31-2;1-2-4-5-3-1/h5-14,17-18H,4,15-16,19H2,1-3H3;1-4H2. The van der Waals surface area contributed by atoms with Gasteiger partial charge in [0.2, 0.25) is 0 Å². The van der Waals surface area contributed by atoms with Gasteiger partial charge in [0.15, 0.2) is 0 Å². The molecule has 1 fully saturated rings. The highest BCUT2D eigenvalue weighted by atomic mass is 16.5. The third-order valence-corrected chi connectivity index (χ3v) is 6.68. The molecule has 0 amide bonds. The molecule has 0 unspecified atom stereocenters. The number of para-hydroxylation sites is 2. The van der Waals surface area contributed by atoms with Gasteiger partial charge in [0.05, 0.1) is 20.8 Å². The molecule has 2 aliphatic rings. The average Bonchev–Trinajstić information content (AvgIpc) is 3.50. The molecule has 0 spiro atoms. The molecule has 0 radical (unpaired) electrons. The van der Waals surface area contributed by atoms with Gasteiger partial charge in [-0.05, 0) is 67.7 Å². The van der Waals surface area contributed by atoms with Crippen LogP contribution in [0.15, 0.2) is 72.3 Å². The lowest BCUT2D eigenvalue weighted by molar-refractivity contribution is -0.136. The topological polar surface area (TPSA) is 57.2 Å². The summed E-state index contributed by atoms with van der Waals surface area (Å²) in [4.78, 5) is 14.7. The predicted octanol–water partition coefficient (Wildman–Crippen LogP) is 6.52. The third-order valence-electron chi connectivity index (χ3n) is 6.68. The molecule has 0 bridgehead atoms.